The van der Waals surface area contributed by atoms with Gasteiger partial charge in [-0.25, -0.2) is 4.52 Å². The van der Waals surface area contributed by atoms with Crippen molar-refractivity contribution in [1.29, 1.82) is 0 Å². The van der Waals surface area contributed by atoms with Crippen LogP contribution in [0.3, 0.4) is 0 Å². The number of fused-ring (bicyclic) bond motifs is 3. The molecule has 3 heterocycles. The fourth-order valence-corrected chi connectivity index (χ4v) is 3.50. The quantitative estimate of drug-likeness (QED) is 0.518. The lowest BCUT2D eigenvalue weighted by Crippen LogP contribution is -2.24. The molecule has 0 bridgehead atoms. The number of aromatic nitrogens is 5. The molecule has 4 rings (SSSR count). The van der Waals surface area contributed by atoms with Crippen molar-refractivity contribution >= 4 is 28.3 Å². The summed E-state index contributed by atoms with van der Waals surface area (Å²) in [4.78, 5) is 14.9. The smallest absolute Gasteiger partial charge is 0.280 e. The molecule has 0 fully saturated rings. The minimum absolute atomic E-state index is 0.146. The van der Waals surface area contributed by atoms with Crippen LogP contribution in [0, 0.1) is 6.92 Å². The van der Waals surface area contributed by atoms with Gasteiger partial charge in [0.25, 0.3) is 5.56 Å². The summed E-state index contributed by atoms with van der Waals surface area (Å²) in [5, 5.41) is 13.9. The van der Waals surface area contributed by atoms with E-state index in [1.54, 1.807) is 15.3 Å². The summed E-state index contributed by atoms with van der Waals surface area (Å²) >= 11 is 6.01. The van der Waals surface area contributed by atoms with E-state index in [0.717, 1.165) is 29.8 Å². The fourth-order valence-electron chi connectivity index (χ4n) is 3.38. The highest BCUT2D eigenvalue weighted by atomic mass is 35.5. The number of rotatable bonds is 5. The van der Waals surface area contributed by atoms with Crippen LogP contribution in [0.5, 0.6) is 0 Å². The number of halogens is 1. The summed E-state index contributed by atoms with van der Waals surface area (Å²) < 4.78 is 3.38. The minimum atomic E-state index is -0.146. The van der Waals surface area contributed by atoms with Crippen molar-refractivity contribution in [3.8, 4) is 11.1 Å². The molecule has 0 aliphatic heterocycles. The van der Waals surface area contributed by atoms with E-state index >= 15 is 0 Å². The first-order valence-corrected chi connectivity index (χ1v) is 9.49. The average molecular weight is 397 g/mol. The lowest BCUT2D eigenvalue weighted by atomic mass is 10.1. The van der Waals surface area contributed by atoms with Crippen LogP contribution in [0.25, 0.3) is 27.8 Å². The Morgan fingerprint density at radius 3 is 2.57 bits per heavy atom. The highest BCUT2D eigenvalue weighted by molar-refractivity contribution is 6.30. The van der Waals surface area contributed by atoms with Crippen molar-refractivity contribution in [3.63, 3.8) is 0 Å². The number of benzene rings is 1. The monoisotopic (exact) mass is 396 g/mol. The maximum absolute atomic E-state index is 12.8. The standard InChI is InChI=1S/C20H21ClN6O/c1-13-17(14-5-7-15(21)8-6-14)19-23-22-18-16(27(19)24-13)9-12-26(20(18)28)11-4-10-25(2)3/h5-9,12H,4,10-11H2,1-3H3. The molecule has 8 heteroatoms. The van der Waals surface area contributed by atoms with Gasteiger partial charge in [0.15, 0.2) is 11.2 Å². The Kier molecular flexibility index (Phi) is 4.87. The van der Waals surface area contributed by atoms with Gasteiger partial charge >= 0.3 is 0 Å². The van der Waals surface area contributed by atoms with Gasteiger partial charge in [-0.2, -0.15) is 5.10 Å². The summed E-state index contributed by atoms with van der Waals surface area (Å²) in [6.45, 7) is 3.48. The molecule has 1 aromatic carbocycles. The molecule has 0 aliphatic carbocycles. The molecule has 0 atom stereocenters. The van der Waals surface area contributed by atoms with Crippen LogP contribution in [0.2, 0.25) is 5.02 Å². The number of hydrogen-bond donors (Lipinski definition) is 0. The molecule has 0 aliphatic rings. The first-order chi connectivity index (χ1) is 13.5. The van der Waals surface area contributed by atoms with Crippen molar-refractivity contribution < 1.29 is 0 Å². The molecule has 7 nitrogen and oxygen atoms in total. The van der Waals surface area contributed by atoms with Gasteiger partial charge in [0.1, 0.15) is 5.52 Å². The predicted molar refractivity (Wildman–Crippen MR) is 111 cm³/mol. The Morgan fingerprint density at radius 1 is 1.11 bits per heavy atom. The molecule has 0 amide bonds. The lowest BCUT2D eigenvalue weighted by molar-refractivity contribution is 0.385. The van der Waals surface area contributed by atoms with Crippen molar-refractivity contribution in [2.75, 3.05) is 20.6 Å². The highest BCUT2D eigenvalue weighted by Gasteiger charge is 2.17. The highest BCUT2D eigenvalue weighted by Crippen LogP contribution is 2.28. The summed E-state index contributed by atoms with van der Waals surface area (Å²) in [5.74, 6) is 0. The lowest BCUT2D eigenvalue weighted by Gasteiger charge is -2.11. The van der Waals surface area contributed by atoms with Gasteiger partial charge in [0.05, 0.1) is 11.3 Å². The topological polar surface area (TPSA) is 68.3 Å². The molecule has 0 saturated heterocycles. The molecule has 0 radical (unpaired) electrons. The number of nitrogens with zero attached hydrogens (tertiary/aromatic N) is 6. The molecule has 0 spiro atoms. The van der Waals surface area contributed by atoms with Gasteiger partial charge in [-0.1, -0.05) is 23.7 Å². The minimum Gasteiger partial charge on any atom is -0.313 e. The fraction of sp³-hybridized carbons (Fsp3) is 0.300. The molecule has 0 saturated carbocycles. The van der Waals surface area contributed by atoms with Crippen molar-refractivity contribution in [3.05, 3.63) is 57.6 Å². The van der Waals surface area contributed by atoms with E-state index in [2.05, 4.69) is 20.2 Å². The normalized spacial score (nSPS) is 11.8. The Labute approximate surface area is 167 Å². The first-order valence-electron chi connectivity index (χ1n) is 9.11. The van der Waals surface area contributed by atoms with Crippen LogP contribution in [0.1, 0.15) is 12.1 Å². The Bertz CT molecular complexity index is 1210. The largest absolute Gasteiger partial charge is 0.313 e. The predicted octanol–water partition coefficient (Wildman–Crippen LogP) is 3.02. The zero-order chi connectivity index (χ0) is 19.8. The molecule has 0 unspecified atom stereocenters. The molecule has 144 valence electrons. The van der Waals surface area contributed by atoms with E-state index in [-0.39, 0.29) is 5.56 Å². The van der Waals surface area contributed by atoms with E-state index in [1.807, 2.05) is 51.4 Å². The first kappa shape index (κ1) is 18.6. The van der Waals surface area contributed by atoms with Gasteiger partial charge in [-0.15, -0.1) is 10.2 Å². The second kappa shape index (κ2) is 7.33. The maximum atomic E-state index is 12.8. The molecular weight excluding hydrogens is 376 g/mol. The molecular formula is C20H21ClN6O. The van der Waals surface area contributed by atoms with Crippen LogP contribution in [-0.2, 0) is 6.54 Å². The summed E-state index contributed by atoms with van der Waals surface area (Å²) in [6, 6.07) is 9.41. The van der Waals surface area contributed by atoms with Crippen LogP contribution < -0.4 is 5.56 Å². The second-order valence-electron chi connectivity index (χ2n) is 7.11. The Hall–Kier alpha value is -2.77. The van der Waals surface area contributed by atoms with Crippen LogP contribution >= 0.6 is 11.6 Å². The van der Waals surface area contributed by atoms with Crippen LogP contribution in [0.4, 0.5) is 0 Å². The molecule has 3 aromatic heterocycles. The molecule has 28 heavy (non-hydrogen) atoms. The van der Waals surface area contributed by atoms with Crippen molar-refractivity contribution in [2.24, 2.45) is 0 Å². The van der Waals surface area contributed by atoms with E-state index in [4.69, 9.17) is 11.6 Å². The Morgan fingerprint density at radius 2 is 1.86 bits per heavy atom. The van der Waals surface area contributed by atoms with E-state index < -0.39 is 0 Å². The number of pyridine rings is 1. The van der Waals surface area contributed by atoms with Gasteiger partial charge in [-0.05, 0) is 57.7 Å². The Balaban J connectivity index is 1.82. The summed E-state index contributed by atoms with van der Waals surface area (Å²) in [6.07, 6.45) is 2.69. The van der Waals surface area contributed by atoms with Gasteiger partial charge in [0.2, 0.25) is 0 Å². The number of hydrogen-bond acceptors (Lipinski definition) is 5. The third-order valence-corrected chi connectivity index (χ3v) is 5.02. The van der Waals surface area contributed by atoms with Crippen molar-refractivity contribution in [1.82, 2.24) is 29.3 Å². The van der Waals surface area contributed by atoms with Crippen LogP contribution in [-0.4, -0.2) is 49.9 Å². The summed E-state index contributed by atoms with van der Waals surface area (Å²) in [7, 11) is 4.04. The van der Waals surface area contributed by atoms with Gasteiger partial charge < -0.3 is 9.47 Å². The van der Waals surface area contributed by atoms with E-state index in [9.17, 15) is 4.79 Å². The second-order valence-corrected chi connectivity index (χ2v) is 7.54. The van der Waals surface area contributed by atoms with Gasteiger partial charge in [0, 0.05) is 17.8 Å². The van der Waals surface area contributed by atoms with Crippen molar-refractivity contribution in [2.45, 2.75) is 19.9 Å². The van der Waals surface area contributed by atoms with E-state index in [0.29, 0.717) is 28.2 Å². The van der Waals surface area contributed by atoms with E-state index in [1.165, 1.54) is 0 Å². The average Bonchev–Trinajstić information content (AvgIpc) is 3.00. The maximum Gasteiger partial charge on any atom is 0.280 e. The number of aryl methyl sites for hydroxylation is 2. The molecule has 0 N–H and O–H groups in total. The molecule has 4 aromatic rings. The van der Waals surface area contributed by atoms with Gasteiger partial charge in [-0.3, -0.25) is 4.79 Å². The third-order valence-electron chi connectivity index (χ3n) is 4.76. The SMILES string of the molecule is Cc1nn2c(nnc3c(=O)n(CCCN(C)C)ccc32)c1-c1ccc(Cl)cc1. The zero-order valence-corrected chi connectivity index (χ0v) is 16.8. The summed E-state index contributed by atoms with van der Waals surface area (Å²) in [5.41, 5.74) is 4.12. The van der Waals surface area contributed by atoms with Crippen LogP contribution in [0.15, 0.2) is 41.3 Å². The zero-order valence-electron chi connectivity index (χ0n) is 16.1. The third kappa shape index (κ3) is 3.27.